The molecule has 0 aromatic heterocycles. The summed E-state index contributed by atoms with van der Waals surface area (Å²) in [6.07, 6.45) is 8.66. The number of rotatable bonds is 5. The molecule has 0 saturated heterocycles. The highest BCUT2D eigenvalue weighted by atomic mass is 32.2. The first kappa shape index (κ1) is 12.7. The van der Waals surface area contributed by atoms with Crippen molar-refractivity contribution < 1.29 is 0 Å². The van der Waals surface area contributed by atoms with Crippen LogP contribution in [0.2, 0.25) is 0 Å². The second-order valence-electron chi connectivity index (χ2n) is 3.97. The van der Waals surface area contributed by atoms with Crippen LogP contribution in [0.1, 0.15) is 32.1 Å². The van der Waals surface area contributed by atoms with Gasteiger partial charge >= 0.3 is 0 Å². The van der Waals surface area contributed by atoms with Gasteiger partial charge in [0.2, 0.25) is 0 Å². The molecule has 1 saturated carbocycles. The molecule has 4 heteroatoms. The summed E-state index contributed by atoms with van der Waals surface area (Å²) in [6, 6.07) is 0.650. The largest absolute Gasteiger partial charge is 0.356 e. The van der Waals surface area contributed by atoms with Crippen molar-refractivity contribution in [3.63, 3.8) is 0 Å². The van der Waals surface area contributed by atoms with Gasteiger partial charge in [-0.25, -0.2) is 0 Å². The molecule has 0 heterocycles. The van der Waals surface area contributed by atoms with Crippen molar-refractivity contribution in [2.45, 2.75) is 38.1 Å². The number of hydrogen-bond donors (Lipinski definition) is 2. The molecule has 2 N–H and O–H groups in total. The van der Waals surface area contributed by atoms with E-state index >= 15 is 0 Å². The van der Waals surface area contributed by atoms with Crippen molar-refractivity contribution in [2.75, 3.05) is 25.6 Å². The van der Waals surface area contributed by atoms with Crippen molar-refractivity contribution in [1.29, 1.82) is 0 Å². The highest BCUT2D eigenvalue weighted by molar-refractivity contribution is 7.98. The van der Waals surface area contributed by atoms with E-state index in [1.165, 1.54) is 37.9 Å². The van der Waals surface area contributed by atoms with Gasteiger partial charge in [0.05, 0.1) is 0 Å². The van der Waals surface area contributed by atoms with Crippen LogP contribution in [0.5, 0.6) is 0 Å². The Kier molecular flexibility index (Phi) is 6.64. The summed E-state index contributed by atoms with van der Waals surface area (Å²) >= 11 is 1.89. The van der Waals surface area contributed by atoms with Gasteiger partial charge in [0.25, 0.3) is 0 Å². The van der Waals surface area contributed by atoms with Crippen LogP contribution in [-0.4, -0.2) is 37.6 Å². The Morgan fingerprint density at radius 1 is 1.40 bits per heavy atom. The van der Waals surface area contributed by atoms with E-state index in [0.29, 0.717) is 6.04 Å². The average molecular weight is 229 g/mol. The Balaban J connectivity index is 2.12. The second-order valence-corrected chi connectivity index (χ2v) is 4.96. The Labute approximate surface area is 97.5 Å². The highest BCUT2D eigenvalue weighted by Crippen LogP contribution is 2.17. The fourth-order valence-corrected chi connectivity index (χ4v) is 2.31. The van der Waals surface area contributed by atoms with E-state index in [1.54, 1.807) is 0 Å². The number of thioether (sulfide) groups is 1. The summed E-state index contributed by atoms with van der Waals surface area (Å²) in [7, 11) is 1.85. The molecule has 1 fully saturated rings. The average Bonchev–Trinajstić information content (AvgIpc) is 2.75. The van der Waals surface area contributed by atoms with Crippen LogP contribution in [0.4, 0.5) is 0 Å². The summed E-state index contributed by atoms with van der Waals surface area (Å²) in [6.45, 7) is 1.02. The third-order valence-corrected chi connectivity index (χ3v) is 3.43. The van der Waals surface area contributed by atoms with Crippen molar-refractivity contribution >= 4 is 17.7 Å². The lowest BCUT2D eigenvalue weighted by Gasteiger charge is -2.16. The summed E-state index contributed by atoms with van der Waals surface area (Å²) < 4.78 is 0. The third kappa shape index (κ3) is 5.30. The Morgan fingerprint density at radius 3 is 2.73 bits per heavy atom. The molecule has 0 aromatic carbocycles. The molecule has 1 rings (SSSR count). The van der Waals surface area contributed by atoms with Crippen molar-refractivity contribution in [2.24, 2.45) is 4.99 Å². The zero-order valence-corrected chi connectivity index (χ0v) is 10.7. The van der Waals surface area contributed by atoms with Gasteiger partial charge in [-0.2, -0.15) is 11.8 Å². The Morgan fingerprint density at radius 2 is 2.13 bits per heavy atom. The number of aliphatic imine (C=N–C) groups is 1. The lowest BCUT2D eigenvalue weighted by atomic mass is 10.2. The van der Waals surface area contributed by atoms with Gasteiger partial charge in [-0.05, 0) is 31.3 Å². The van der Waals surface area contributed by atoms with Crippen LogP contribution in [0.3, 0.4) is 0 Å². The number of guanidine groups is 1. The molecule has 3 nitrogen and oxygen atoms in total. The first-order chi connectivity index (χ1) is 7.36. The summed E-state index contributed by atoms with van der Waals surface area (Å²) in [5.41, 5.74) is 0. The summed E-state index contributed by atoms with van der Waals surface area (Å²) in [5, 5.41) is 6.83. The normalized spacial score (nSPS) is 18.1. The van der Waals surface area contributed by atoms with E-state index < -0.39 is 0 Å². The van der Waals surface area contributed by atoms with Gasteiger partial charge in [0.15, 0.2) is 5.96 Å². The van der Waals surface area contributed by atoms with Gasteiger partial charge in [-0.3, -0.25) is 4.99 Å². The summed E-state index contributed by atoms with van der Waals surface area (Å²) in [5.74, 6) is 2.19. The molecular formula is C11H23N3S. The predicted molar refractivity (Wildman–Crippen MR) is 69.8 cm³/mol. The molecule has 0 radical (unpaired) electrons. The lowest BCUT2D eigenvalue weighted by Crippen LogP contribution is -2.42. The predicted octanol–water partition coefficient (Wildman–Crippen LogP) is 1.85. The number of hydrogen-bond acceptors (Lipinski definition) is 2. The maximum absolute atomic E-state index is 4.24. The highest BCUT2D eigenvalue weighted by Gasteiger charge is 2.15. The standard InChI is InChI=1S/C11H23N3S/c1-12-11(13-8-5-9-15-2)14-10-6-3-4-7-10/h10H,3-9H2,1-2H3,(H2,12,13,14). The fourth-order valence-electron chi connectivity index (χ4n) is 1.88. The smallest absolute Gasteiger partial charge is 0.191 e. The van der Waals surface area contributed by atoms with Gasteiger partial charge in [0, 0.05) is 19.6 Å². The minimum Gasteiger partial charge on any atom is -0.356 e. The molecule has 15 heavy (non-hydrogen) atoms. The first-order valence-corrected chi connectivity index (χ1v) is 7.22. The third-order valence-electron chi connectivity index (χ3n) is 2.74. The molecule has 0 aliphatic heterocycles. The minimum atomic E-state index is 0.650. The van der Waals surface area contributed by atoms with Crippen LogP contribution < -0.4 is 10.6 Å². The van der Waals surface area contributed by atoms with E-state index in [-0.39, 0.29) is 0 Å². The fraction of sp³-hybridized carbons (Fsp3) is 0.909. The molecule has 0 amide bonds. The van der Waals surface area contributed by atoms with Crippen LogP contribution in [0.15, 0.2) is 4.99 Å². The number of nitrogens with one attached hydrogen (secondary N) is 2. The zero-order chi connectivity index (χ0) is 10.9. The zero-order valence-electron chi connectivity index (χ0n) is 9.88. The van der Waals surface area contributed by atoms with Crippen molar-refractivity contribution in [3.05, 3.63) is 0 Å². The Hall–Kier alpha value is -0.380. The maximum Gasteiger partial charge on any atom is 0.191 e. The van der Waals surface area contributed by atoms with E-state index in [0.717, 1.165) is 12.5 Å². The lowest BCUT2D eigenvalue weighted by molar-refractivity contribution is 0.613. The topological polar surface area (TPSA) is 36.4 Å². The summed E-state index contributed by atoms with van der Waals surface area (Å²) in [4.78, 5) is 4.24. The quantitative estimate of drug-likeness (QED) is 0.429. The van der Waals surface area contributed by atoms with Gasteiger partial charge < -0.3 is 10.6 Å². The van der Waals surface area contributed by atoms with Crippen molar-refractivity contribution in [3.8, 4) is 0 Å². The van der Waals surface area contributed by atoms with Crippen LogP contribution in [0, 0.1) is 0 Å². The molecule has 0 unspecified atom stereocenters. The second kappa shape index (κ2) is 7.85. The molecule has 0 bridgehead atoms. The minimum absolute atomic E-state index is 0.650. The van der Waals surface area contributed by atoms with Crippen molar-refractivity contribution in [1.82, 2.24) is 10.6 Å². The van der Waals surface area contributed by atoms with E-state index in [4.69, 9.17) is 0 Å². The Bertz CT molecular complexity index is 188. The SMILES string of the molecule is CN=C(NCCCSC)NC1CCCC1. The molecule has 0 atom stereocenters. The number of nitrogens with zero attached hydrogens (tertiary/aromatic N) is 1. The molecule has 88 valence electrons. The van der Waals surface area contributed by atoms with Crippen LogP contribution in [-0.2, 0) is 0 Å². The van der Waals surface area contributed by atoms with Crippen LogP contribution in [0.25, 0.3) is 0 Å². The van der Waals surface area contributed by atoms with E-state index in [2.05, 4.69) is 21.9 Å². The monoisotopic (exact) mass is 229 g/mol. The van der Waals surface area contributed by atoms with E-state index in [9.17, 15) is 0 Å². The van der Waals surface area contributed by atoms with Gasteiger partial charge in [-0.1, -0.05) is 12.8 Å². The van der Waals surface area contributed by atoms with Gasteiger partial charge in [-0.15, -0.1) is 0 Å². The molecular weight excluding hydrogens is 206 g/mol. The molecule has 1 aliphatic rings. The molecule has 0 spiro atoms. The van der Waals surface area contributed by atoms with E-state index in [1.807, 2.05) is 18.8 Å². The van der Waals surface area contributed by atoms with Crippen LogP contribution >= 0.6 is 11.8 Å². The maximum atomic E-state index is 4.24. The molecule has 1 aliphatic carbocycles. The molecule has 0 aromatic rings. The first-order valence-electron chi connectivity index (χ1n) is 5.83. The van der Waals surface area contributed by atoms with Gasteiger partial charge in [0.1, 0.15) is 0 Å².